The van der Waals surface area contributed by atoms with E-state index in [2.05, 4.69) is 0 Å². The second-order valence-electron chi connectivity index (χ2n) is 4.54. The van der Waals surface area contributed by atoms with Crippen LogP contribution in [0.4, 0.5) is 0 Å². The number of amides is 2. The van der Waals surface area contributed by atoms with Gasteiger partial charge in [0.25, 0.3) is 11.8 Å². The second kappa shape index (κ2) is 6.53. The molecule has 1 heterocycles. The summed E-state index contributed by atoms with van der Waals surface area (Å²) < 4.78 is 0. The number of imide groups is 1. The molecule has 0 spiro atoms. The van der Waals surface area contributed by atoms with E-state index in [1.54, 1.807) is 37.3 Å². The molecule has 0 aromatic heterocycles. The van der Waals surface area contributed by atoms with Crippen LogP contribution in [-0.4, -0.2) is 33.7 Å². The van der Waals surface area contributed by atoms with E-state index >= 15 is 0 Å². The van der Waals surface area contributed by atoms with Crippen molar-refractivity contribution in [2.45, 2.75) is 13.3 Å². The van der Waals surface area contributed by atoms with Crippen LogP contribution in [0.25, 0.3) is 0 Å². The summed E-state index contributed by atoms with van der Waals surface area (Å²) in [5.41, 5.74) is 0.470. The Kier molecular flexibility index (Phi) is 4.74. The fraction of sp³-hybridized carbons (Fsp3) is 0.286. The minimum atomic E-state index is -0.805. The normalized spacial score (nSPS) is 18.0. The van der Waals surface area contributed by atoms with Crippen LogP contribution in [0.2, 0.25) is 0 Å². The minimum Gasteiger partial charge on any atom is -0.329 e. The highest BCUT2D eigenvalue weighted by Gasteiger charge is 2.38. The molecular weight excluding hydrogens is 294 g/mol. The van der Waals surface area contributed by atoms with Crippen LogP contribution >= 0.6 is 11.8 Å². The van der Waals surface area contributed by atoms with E-state index in [9.17, 15) is 19.2 Å². The molecule has 21 heavy (non-hydrogen) atoms. The Morgan fingerprint density at radius 3 is 2.52 bits per heavy atom. The maximum Gasteiger partial charge on any atom is 0.343 e. The van der Waals surface area contributed by atoms with Crippen molar-refractivity contribution in [1.82, 2.24) is 5.06 Å². The van der Waals surface area contributed by atoms with Gasteiger partial charge in [-0.15, -0.1) is 5.06 Å². The van der Waals surface area contributed by atoms with E-state index in [0.717, 1.165) is 11.8 Å². The predicted molar refractivity (Wildman–Crippen MR) is 75.0 cm³/mol. The van der Waals surface area contributed by atoms with Gasteiger partial charge in [-0.2, -0.15) is 0 Å². The zero-order valence-electron chi connectivity index (χ0n) is 11.3. The molecule has 1 unspecified atom stereocenters. The number of hydroxylamine groups is 2. The summed E-state index contributed by atoms with van der Waals surface area (Å²) in [6.45, 7) is 1.59. The van der Waals surface area contributed by atoms with E-state index in [1.165, 1.54) is 0 Å². The third kappa shape index (κ3) is 3.69. The summed E-state index contributed by atoms with van der Waals surface area (Å²) in [6, 6.07) is 8.48. The van der Waals surface area contributed by atoms with Crippen molar-refractivity contribution in [1.29, 1.82) is 0 Å². The first-order valence-corrected chi connectivity index (χ1v) is 7.27. The van der Waals surface area contributed by atoms with Gasteiger partial charge in [0.2, 0.25) is 5.12 Å². The maximum atomic E-state index is 11.8. The van der Waals surface area contributed by atoms with Crippen molar-refractivity contribution in [3.63, 3.8) is 0 Å². The molecule has 6 nitrogen and oxygen atoms in total. The number of carbonyl (C=O) groups excluding carboxylic acids is 4. The average molecular weight is 307 g/mol. The molecule has 0 saturated carbocycles. The Labute approximate surface area is 125 Å². The van der Waals surface area contributed by atoms with Crippen LogP contribution in [0.5, 0.6) is 0 Å². The summed E-state index contributed by atoms with van der Waals surface area (Å²) in [4.78, 5) is 51.1. The van der Waals surface area contributed by atoms with Gasteiger partial charge in [-0.05, 0) is 0 Å². The number of hydrogen-bond donors (Lipinski definition) is 0. The van der Waals surface area contributed by atoms with E-state index in [-0.39, 0.29) is 17.3 Å². The molecule has 0 radical (unpaired) electrons. The number of rotatable bonds is 4. The summed E-state index contributed by atoms with van der Waals surface area (Å²) in [5.74, 6) is -2.63. The quantitative estimate of drug-likeness (QED) is 0.782. The predicted octanol–water partition coefficient (Wildman–Crippen LogP) is 1.41. The average Bonchev–Trinajstić information content (AvgIpc) is 2.72. The molecule has 1 aliphatic heterocycles. The molecule has 7 heteroatoms. The van der Waals surface area contributed by atoms with Gasteiger partial charge in [0.05, 0.1) is 0 Å². The van der Waals surface area contributed by atoms with Crippen molar-refractivity contribution >= 4 is 34.7 Å². The lowest BCUT2D eigenvalue weighted by Gasteiger charge is -2.12. The monoisotopic (exact) mass is 307 g/mol. The lowest BCUT2D eigenvalue weighted by atomic mass is 10.1. The number of thioether (sulfide) groups is 1. The Balaban J connectivity index is 1.84. The van der Waals surface area contributed by atoms with Gasteiger partial charge in [-0.25, -0.2) is 4.79 Å². The number of carbonyl (C=O) groups is 4. The van der Waals surface area contributed by atoms with Crippen LogP contribution in [-0.2, 0) is 19.2 Å². The van der Waals surface area contributed by atoms with E-state index in [4.69, 9.17) is 4.84 Å². The molecule has 0 bridgehead atoms. The highest BCUT2D eigenvalue weighted by molar-refractivity contribution is 8.14. The largest absolute Gasteiger partial charge is 0.343 e. The third-order valence-corrected chi connectivity index (χ3v) is 3.73. The number of benzene rings is 1. The van der Waals surface area contributed by atoms with Gasteiger partial charge < -0.3 is 4.84 Å². The smallest absolute Gasteiger partial charge is 0.329 e. The number of hydrogen-bond acceptors (Lipinski definition) is 6. The molecule has 1 aromatic rings. The maximum absolute atomic E-state index is 11.8. The van der Waals surface area contributed by atoms with Gasteiger partial charge in [-0.3, -0.25) is 14.4 Å². The first-order valence-electron chi connectivity index (χ1n) is 6.29. The molecule has 1 aliphatic rings. The Morgan fingerprint density at radius 1 is 1.29 bits per heavy atom. The van der Waals surface area contributed by atoms with Crippen LogP contribution in [0.1, 0.15) is 23.7 Å². The molecule has 110 valence electrons. The molecule has 2 amide bonds. The van der Waals surface area contributed by atoms with Gasteiger partial charge in [-0.1, -0.05) is 49.0 Å². The first kappa shape index (κ1) is 15.2. The van der Waals surface area contributed by atoms with Crippen molar-refractivity contribution < 1.29 is 24.0 Å². The van der Waals surface area contributed by atoms with E-state index in [1.807, 2.05) is 0 Å². The van der Waals surface area contributed by atoms with Gasteiger partial charge in [0, 0.05) is 17.9 Å². The Bertz CT molecular complexity index is 586. The molecule has 0 N–H and O–H groups in total. The molecule has 1 fully saturated rings. The summed E-state index contributed by atoms with van der Waals surface area (Å²) in [7, 11) is 0. The van der Waals surface area contributed by atoms with Gasteiger partial charge in [0.1, 0.15) is 5.75 Å². The van der Waals surface area contributed by atoms with Crippen LogP contribution in [0, 0.1) is 5.92 Å². The van der Waals surface area contributed by atoms with Crippen molar-refractivity contribution in [3.05, 3.63) is 35.9 Å². The SMILES string of the molecule is CC1CC(=O)N(OC(=O)CSC(=O)c2ccccc2)C1=O. The van der Waals surface area contributed by atoms with Crippen LogP contribution in [0.15, 0.2) is 30.3 Å². The highest BCUT2D eigenvalue weighted by atomic mass is 32.2. The minimum absolute atomic E-state index is 0.0300. The fourth-order valence-corrected chi connectivity index (χ4v) is 2.37. The standard InChI is InChI=1S/C14H13NO5S/c1-9-7-11(16)15(13(9)18)20-12(17)8-21-14(19)10-5-3-2-4-6-10/h2-6,9H,7-8H2,1H3. The van der Waals surface area contributed by atoms with Gasteiger partial charge >= 0.3 is 5.97 Å². The van der Waals surface area contributed by atoms with Crippen LogP contribution in [0.3, 0.4) is 0 Å². The van der Waals surface area contributed by atoms with Gasteiger partial charge in [0.15, 0.2) is 0 Å². The summed E-state index contributed by atoms with van der Waals surface area (Å²) in [5, 5.41) is 0.209. The van der Waals surface area contributed by atoms with Crippen molar-refractivity contribution in [2.24, 2.45) is 5.92 Å². The lowest BCUT2D eigenvalue weighted by molar-refractivity contribution is -0.196. The second-order valence-corrected chi connectivity index (χ2v) is 5.49. The van der Waals surface area contributed by atoms with Crippen molar-refractivity contribution in [3.8, 4) is 0 Å². The molecule has 2 rings (SSSR count). The topological polar surface area (TPSA) is 80.8 Å². The molecular formula is C14H13NO5S. The number of nitrogens with zero attached hydrogens (tertiary/aromatic N) is 1. The van der Waals surface area contributed by atoms with Crippen LogP contribution < -0.4 is 0 Å². The zero-order valence-corrected chi connectivity index (χ0v) is 12.1. The fourth-order valence-electron chi connectivity index (χ4n) is 1.76. The lowest BCUT2D eigenvalue weighted by Crippen LogP contribution is -2.33. The van der Waals surface area contributed by atoms with E-state index in [0.29, 0.717) is 10.6 Å². The third-order valence-electron chi connectivity index (χ3n) is 2.85. The highest BCUT2D eigenvalue weighted by Crippen LogP contribution is 2.20. The summed E-state index contributed by atoms with van der Waals surface area (Å²) in [6.07, 6.45) is 0.0300. The Hall–Kier alpha value is -2.15. The molecule has 1 atom stereocenters. The molecule has 1 saturated heterocycles. The zero-order chi connectivity index (χ0) is 15.4. The molecule has 1 aromatic carbocycles. The Morgan fingerprint density at radius 2 is 1.95 bits per heavy atom. The van der Waals surface area contributed by atoms with Crippen molar-refractivity contribution in [2.75, 3.05) is 5.75 Å². The first-order chi connectivity index (χ1) is 9.99. The van der Waals surface area contributed by atoms with E-state index < -0.39 is 23.7 Å². The summed E-state index contributed by atoms with van der Waals surface area (Å²) >= 11 is 0.762. The molecule has 0 aliphatic carbocycles.